The number of anilines is 2. The van der Waals surface area contributed by atoms with Crippen LogP contribution in [0.25, 0.3) is 0 Å². The molecule has 3 rings (SSSR count). The smallest absolute Gasteiger partial charge is 0.255 e. The van der Waals surface area contributed by atoms with Gasteiger partial charge in [0.25, 0.3) is 5.91 Å². The lowest BCUT2D eigenvalue weighted by Crippen LogP contribution is -2.31. The van der Waals surface area contributed by atoms with Crippen molar-refractivity contribution in [1.29, 1.82) is 0 Å². The summed E-state index contributed by atoms with van der Waals surface area (Å²) in [5.74, 6) is -0.183. The van der Waals surface area contributed by atoms with Gasteiger partial charge in [-0.1, -0.05) is 23.2 Å². The van der Waals surface area contributed by atoms with Crippen molar-refractivity contribution in [3.05, 3.63) is 57.6 Å². The van der Waals surface area contributed by atoms with E-state index >= 15 is 0 Å². The highest BCUT2D eigenvalue weighted by atomic mass is 35.5. The molecule has 0 atom stereocenters. The number of fused-ring (bicyclic) bond motifs is 1. The Morgan fingerprint density at radius 2 is 1.78 bits per heavy atom. The Morgan fingerprint density at radius 1 is 1.09 bits per heavy atom. The summed E-state index contributed by atoms with van der Waals surface area (Å²) in [7, 11) is 1.76. The fraction of sp³-hybridized carbons (Fsp3) is 0.176. The van der Waals surface area contributed by atoms with Crippen LogP contribution in [-0.2, 0) is 11.2 Å². The number of rotatable bonds is 2. The van der Waals surface area contributed by atoms with E-state index in [0.717, 1.165) is 11.3 Å². The molecule has 118 valence electrons. The largest absolute Gasteiger partial charge is 0.322 e. The predicted octanol–water partition coefficient (Wildman–Crippen LogP) is 4.15. The molecule has 0 radical (unpaired) electrons. The van der Waals surface area contributed by atoms with Gasteiger partial charge in [0, 0.05) is 40.5 Å². The summed E-state index contributed by atoms with van der Waals surface area (Å²) in [6, 6.07) is 10.2. The molecule has 23 heavy (non-hydrogen) atoms. The molecule has 1 heterocycles. The van der Waals surface area contributed by atoms with Crippen LogP contribution < -0.4 is 10.2 Å². The average molecular weight is 349 g/mol. The second-order valence-electron chi connectivity index (χ2n) is 5.41. The van der Waals surface area contributed by atoms with Crippen LogP contribution in [-0.4, -0.2) is 18.9 Å². The van der Waals surface area contributed by atoms with Gasteiger partial charge in [-0.25, -0.2) is 0 Å². The summed E-state index contributed by atoms with van der Waals surface area (Å²) in [6.45, 7) is 0. The molecule has 0 unspecified atom stereocenters. The maximum atomic E-state index is 12.3. The van der Waals surface area contributed by atoms with Crippen LogP contribution in [0.3, 0.4) is 0 Å². The Labute approximate surface area is 144 Å². The van der Waals surface area contributed by atoms with E-state index < -0.39 is 0 Å². The fourth-order valence-electron chi connectivity index (χ4n) is 2.62. The highest BCUT2D eigenvalue weighted by Gasteiger charge is 2.21. The van der Waals surface area contributed by atoms with Crippen molar-refractivity contribution in [2.75, 3.05) is 17.3 Å². The number of carbonyl (C=O) groups is 2. The summed E-state index contributed by atoms with van der Waals surface area (Å²) < 4.78 is 0. The van der Waals surface area contributed by atoms with E-state index in [-0.39, 0.29) is 11.8 Å². The molecular weight excluding hydrogens is 335 g/mol. The van der Waals surface area contributed by atoms with Crippen molar-refractivity contribution < 1.29 is 9.59 Å². The van der Waals surface area contributed by atoms with Crippen LogP contribution in [0.2, 0.25) is 10.0 Å². The topological polar surface area (TPSA) is 49.4 Å². The van der Waals surface area contributed by atoms with Crippen molar-refractivity contribution in [2.45, 2.75) is 12.8 Å². The summed E-state index contributed by atoms with van der Waals surface area (Å²) in [4.78, 5) is 25.6. The van der Waals surface area contributed by atoms with Crippen LogP contribution in [0.15, 0.2) is 36.4 Å². The van der Waals surface area contributed by atoms with Crippen LogP contribution in [0, 0.1) is 0 Å². The maximum Gasteiger partial charge on any atom is 0.255 e. The summed E-state index contributed by atoms with van der Waals surface area (Å²) in [6.07, 6.45) is 1.15. The predicted molar refractivity (Wildman–Crippen MR) is 92.6 cm³/mol. The lowest BCUT2D eigenvalue weighted by molar-refractivity contribution is -0.118. The second kappa shape index (κ2) is 6.22. The van der Waals surface area contributed by atoms with E-state index in [1.54, 1.807) is 36.2 Å². The molecule has 0 aromatic heterocycles. The first-order valence-corrected chi connectivity index (χ1v) is 7.86. The Kier molecular flexibility index (Phi) is 4.28. The number of carbonyl (C=O) groups excluding carboxylic acids is 2. The van der Waals surface area contributed by atoms with Gasteiger partial charge in [-0.2, -0.15) is 0 Å². The van der Waals surface area contributed by atoms with E-state index in [9.17, 15) is 9.59 Å². The normalized spacial score (nSPS) is 13.7. The third-order valence-electron chi connectivity index (χ3n) is 3.81. The Bertz CT molecular complexity index is 785. The molecule has 0 spiro atoms. The van der Waals surface area contributed by atoms with Gasteiger partial charge in [-0.3, -0.25) is 9.59 Å². The number of benzene rings is 2. The van der Waals surface area contributed by atoms with Crippen LogP contribution in [0.5, 0.6) is 0 Å². The molecule has 6 heteroatoms. The maximum absolute atomic E-state index is 12.3. The number of aryl methyl sites for hydroxylation is 1. The Morgan fingerprint density at radius 3 is 2.48 bits per heavy atom. The van der Waals surface area contributed by atoms with E-state index in [0.29, 0.717) is 34.1 Å². The number of hydrogen-bond acceptors (Lipinski definition) is 2. The minimum Gasteiger partial charge on any atom is -0.322 e. The minimum absolute atomic E-state index is 0.0999. The molecule has 1 N–H and O–H groups in total. The SMILES string of the molecule is CN1C(=O)CCc2cc(NC(=O)c3cc(Cl)cc(Cl)c3)ccc21. The van der Waals surface area contributed by atoms with Crippen LogP contribution >= 0.6 is 23.2 Å². The number of nitrogens with zero attached hydrogens (tertiary/aromatic N) is 1. The van der Waals surface area contributed by atoms with Gasteiger partial charge in [0.1, 0.15) is 0 Å². The lowest BCUT2D eigenvalue weighted by Gasteiger charge is -2.26. The zero-order chi connectivity index (χ0) is 16.6. The van der Waals surface area contributed by atoms with Gasteiger partial charge in [-0.05, 0) is 48.4 Å². The molecule has 1 aliphatic heterocycles. The summed E-state index contributed by atoms with van der Waals surface area (Å²) in [5.41, 5.74) is 2.99. The molecule has 4 nitrogen and oxygen atoms in total. The van der Waals surface area contributed by atoms with Gasteiger partial charge in [0.15, 0.2) is 0 Å². The molecule has 2 amide bonds. The van der Waals surface area contributed by atoms with Gasteiger partial charge in [0.2, 0.25) is 5.91 Å². The van der Waals surface area contributed by atoms with Crippen molar-refractivity contribution >= 4 is 46.4 Å². The molecular formula is C17H14Cl2N2O2. The molecule has 1 aliphatic rings. The highest BCUT2D eigenvalue weighted by Crippen LogP contribution is 2.29. The van der Waals surface area contributed by atoms with Crippen LogP contribution in [0.4, 0.5) is 11.4 Å². The quantitative estimate of drug-likeness (QED) is 0.885. The lowest BCUT2D eigenvalue weighted by atomic mass is 10.0. The first kappa shape index (κ1) is 15.8. The number of halogens is 2. The second-order valence-corrected chi connectivity index (χ2v) is 6.28. The third kappa shape index (κ3) is 3.33. The fourth-order valence-corrected chi connectivity index (χ4v) is 3.15. The average Bonchev–Trinajstić information content (AvgIpc) is 2.50. The monoisotopic (exact) mass is 348 g/mol. The van der Waals surface area contributed by atoms with E-state index in [2.05, 4.69) is 5.32 Å². The molecule has 0 fully saturated rings. The van der Waals surface area contributed by atoms with Crippen molar-refractivity contribution in [3.8, 4) is 0 Å². The third-order valence-corrected chi connectivity index (χ3v) is 4.24. The minimum atomic E-state index is -0.283. The summed E-state index contributed by atoms with van der Waals surface area (Å²) in [5, 5.41) is 3.65. The van der Waals surface area contributed by atoms with Gasteiger partial charge >= 0.3 is 0 Å². The van der Waals surface area contributed by atoms with Crippen molar-refractivity contribution in [3.63, 3.8) is 0 Å². The molecule has 0 aliphatic carbocycles. The Hall–Kier alpha value is -2.04. The van der Waals surface area contributed by atoms with E-state index in [1.165, 1.54) is 0 Å². The van der Waals surface area contributed by atoms with E-state index in [4.69, 9.17) is 23.2 Å². The zero-order valence-electron chi connectivity index (χ0n) is 12.4. The van der Waals surface area contributed by atoms with E-state index in [1.807, 2.05) is 12.1 Å². The first-order chi connectivity index (χ1) is 10.9. The summed E-state index contributed by atoms with van der Waals surface area (Å²) >= 11 is 11.8. The number of amides is 2. The molecule has 2 aromatic rings. The van der Waals surface area contributed by atoms with Gasteiger partial charge in [-0.15, -0.1) is 0 Å². The molecule has 0 bridgehead atoms. The number of nitrogens with one attached hydrogen (secondary N) is 1. The first-order valence-electron chi connectivity index (χ1n) is 7.11. The Balaban J connectivity index is 1.83. The van der Waals surface area contributed by atoms with Crippen molar-refractivity contribution in [1.82, 2.24) is 0 Å². The van der Waals surface area contributed by atoms with Crippen LogP contribution in [0.1, 0.15) is 22.3 Å². The highest BCUT2D eigenvalue weighted by molar-refractivity contribution is 6.35. The number of hydrogen-bond donors (Lipinski definition) is 1. The molecule has 2 aromatic carbocycles. The molecule has 0 saturated carbocycles. The van der Waals surface area contributed by atoms with Gasteiger partial charge < -0.3 is 10.2 Å². The van der Waals surface area contributed by atoms with Crippen molar-refractivity contribution in [2.24, 2.45) is 0 Å². The standard InChI is InChI=1S/C17H14Cl2N2O2/c1-21-15-4-3-14(8-10(15)2-5-16(21)22)20-17(23)11-6-12(18)9-13(19)7-11/h3-4,6-9H,2,5H2,1H3,(H,20,23). The molecule has 0 saturated heterocycles. The zero-order valence-corrected chi connectivity index (χ0v) is 13.9. The van der Waals surface area contributed by atoms with Gasteiger partial charge in [0.05, 0.1) is 0 Å².